The highest BCUT2D eigenvalue weighted by Crippen LogP contribution is 2.30. The molecule has 0 fully saturated rings. The zero-order valence-electron chi connectivity index (χ0n) is 10.9. The number of aryl methyl sites for hydroxylation is 1. The molecule has 0 unspecified atom stereocenters. The third-order valence-corrected chi connectivity index (χ3v) is 5.33. The van der Waals surface area contributed by atoms with E-state index in [1.165, 1.54) is 24.3 Å². The van der Waals surface area contributed by atoms with Crippen LogP contribution in [0.2, 0.25) is 5.02 Å². The summed E-state index contributed by atoms with van der Waals surface area (Å²) >= 11 is 9.14. The number of hydrogen-bond donors (Lipinski definition) is 1. The molecule has 1 N–H and O–H groups in total. The van der Waals surface area contributed by atoms with Crippen LogP contribution in [0.5, 0.6) is 0 Å². The second kappa shape index (κ2) is 6.06. The molecule has 0 aromatic heterocycles. The van der Waals surface area contributed by atoms with Crippen molar-refractivity contribution in [2.24, 2.45) is 0 Å². The highest BCUT2D eigenvalue weighted by Gasteiger charge is 2.17. The van der Waals surface area contributed by atoms with Gasteiger partial charge >= 0.3 is 0 Å². The summed E-state index contributed by atoms with van der Waals surface area (Å²) in [5.41, 5.74) is 1.28. The molecule has 0 aliphatic carbocycles. The van der Waals surface area contributed by atoms with Crippen LogP contribution in [0, 0.1) is 18.3 Å². The van der Waals surface area contributed by atoms with Crippen LogP contribution in [0.1, 0.15) is 11.1 Å². The van der Waals surface area contributed by atoms with Crippen molar-refractivity contribution in [3.05, 3.63) is 57.0 Å². The normalized spacial score (nSPS) is 11.0. The van der Waals surface area contributed by atoms with Crippen molar-refractivity contribution in [2.75, 3.05) is 4.72 Å². The number of nitrogens with one attached hydrogen (secondary N) is 1. The molecule has 0 saturated heterocycles. The molecule has 2 aromatic carbocycles. The van der Waals surface area contributed by atoms with Gasteiger partial charge in [0.2, 0.25) is 0 Å². The molecule has 0 atom stereocenters. The average Bonchev–Trinajstić information content (AvgIpc) is 2.42. The molecule has 2 aromatic rings. The van der Waals surface area contributed by atoms with E-state index in [1.54, 1.807) is 12.1 Å². The molecular weight excluding hydrogens is 376 g/mol. The summed E-state index contributed by atoms with van der Waals surface area (Å²) in [7, 11) is -3.77. The molecule has 0 heterocycles. The van der Waals surface area contributed by atoms with Gasteiger partial charge in [0.1, 0.15) is 6.07 Å². The van der Waals surface area contributed by atoms with E-state index < -0.39 is 10.0 Å². The molecule has 7 heteroatoms. The number of benzene rings is 2. The van der Waals surface area contributed by atoms with Crippen LogP contribution in [0.4, 0.5) is 5.69 Å². The van der Waals surface area contributed by atoms with Gasteiger partial charge < -0.3 is 0 Å². The van der Waals surface area contributed by atoms with Crippen LogP contribution in [0.15, 0.2) is 45.8 Å². The third kappa shape index (κ3) is 3.56. The van der Waals surface area contributed by atoms with E-state index in [0.29, 0.717) is 9.50 Å². The quantitative estimate of drug-likeness (QED) is 0.865. The third-order valence-electron chi connectivity index (χ3n) is 2.76. The molecule has 0 aliphatic heterocycles. The molecule has 2 rings (SSSR count). The topological polar surface area (TPSA) is 70.0 Å². The van der Waals surface area contributed by atoms with Crippen LogP contribution in [-0.4, -0.2) is 8.42 Å². The summed E-state index contributed by atoms with van der Waals surface area (Å²) in [6, 6.07) is 11.2. The van der Waals surface area contributed by atoms with Crippen molar-refractivity contribution < 1.29 is 8.42 Å². The molecule has 0 spiro atoms. The second-order valence-electron chi connectivity index (χ2n) is 4.34. The first kappa shape index (κ1) is 15.8. The maximum Gasteiger partial charge on any atom is 0.261 e. The van der Waals surface area contributed by atoms with Crippen molar-refractivity contribution in [2.45, 2.75) is 11.8 Å². The first-order valence-electron chi connectivity index (χ1n) is 5.82. The van der Waals surface area contributed by atoms with Crippen molar-refractivity contribution in [1.29, 1.82) is 5.26 Å². The molecule has 4 nitrogen and oxygen atoms in total. The SMILES string of the molecule is Cc1ccc(S(=O)(=O)Nc2cc(Cl)c(Br)cc2C#N)cc1. The zero-order chi connectivity index (χ0) is 15.6. The Hall–Kier alpha value is -1.55. The number of anilines is 1. The van der Waals surface area contributed by atoms with Gasteiger partial charge in [0.15, 0.2) is 0 Å². The van der Waals surface area contributed by atoms with Gasteiger partial charge in [-0.2, -0.15) is 5.26 Å². The minimum Gasteiger partial charge on any atom is -0.278 e. The van der Waals surface area contributed by atoms with E-state index in [1.807, 2.05) is 13.0 Å². The molecular formula is C14H10BrClN2O2S. The van der Waals surface area contributed by atoms with E-state index in [2.05, 4.69) is 20.7 Å². The Morgan fingerprint density at radius 1 is 1.24 bits per heavy atom. The van der Waals surface area contributed by atoms with Gasteiger partial charge in [-0.25, -0.2) is 8.42 Å². The lowest BCUT2D eigenvalue weighted by Crippen LogP contribution is -2.14. The predicted molar refractivity (Wildman–Crippen MR) is 85.9 cm³/mol. The van der Waals surface area contributed by atoms with Gasteiger partial charge in [0.25, 0.3) is 10.0 Å². The number of nitrogens with zero attached hydrogens (tertiary/aromatic N) is 1. The van der Waals surface area contributed by atoms with E-state index in [4.69, 9.17) is 16.9 Å². The molecule has 0 amide bonds. The van der Waals surface area contributed by atoms with Crippen molar-refractivity contribution in [1.82, 2.24) is 0 Å². The van der Waals surface area contributed by atoms with E-state index in [-0.39, 0.29) is 16.1 Å². The Kier molecular flexibility index (Phi) is 4.57. The number of sulfonamides is 1. The fourth-order valence-corrected chi connectivity index (χ4v) is 3.22. The highest BCUT2D eigenvalue weighted by atomic mass is 79.9. The van der Waals surface area contributed by atoms with Crippen LogP contribution >= 0.6 is 27.5 Å². The Morgan fingerprint density at radius 2 is 1.86 bits per heavy atom. The van der Waals surface area contributed by atoms with Gasteiger partial charge in [-0.1, -0.05) is 29.3 Å². The van der Waals surface area contributed by atoms with Crippen molar-refractivity contribution in [3.8, 4) is 6.07 Å². The predicted octanol–water partition coefficient (Wildman–Crippen LogP) is 4.08. The summed E-state index contributed by atoms with van der Waals surface area (Å²) in [5, 5.41) is 9.40. The maximum absolute atomic E-state index is 12.3. The first-order valence-corrected chi connectivity index (χ1v) is 8.47. The van der Waals surface area contributed by atoms with Crippen molar-refractivity contribution in [3.63, 3.8) is 0 Å². The smallest absolute Gasteiger partial charge is 0.261 e. The van der Waals surface area contributed by atoms with Crippen LogP contribution in [0.3, 0.4) is 0 Å². The zero-order valence-corrected chi connectivity index (χ0v) is 14.1. The minimum absolute atomic E-state index is 0.121. The maximum atomic E-state index is 12.3. The molecule has 0 radical (unpaired) electrons. The largest absolute Gasteiger partial charge is 0.278 e. The van der Waals surface area contributed by atoms with E-state index >= 15 is 0 Å². The number of nitriles is 1. The second-order valence-corrected chi connectivity index (χ2v) is 7.29. The molecule has 0 bridgehead atoms. The summed E-state index contributed by atoms with van der Waals surface area (Å²) in [6.07, 6.45) is 0. The summed E-state index contributed by atoms with van der Waals surface area (Å²) < 4.78 is 27.5. The van der Waals surface area contributed by atoms with Gasteiger partial charge in [-0.15, -0.1) is 0 Å². The highest BCUT2D eigenvalue weighted by molar-refractivity contribution is 9.10. The molecule has 21 heavy (non-hydrogen) atoms. The van der Waals surface area contributed by atoms with Crippen LogP contribution < -0.4 is 4.72 Å². The number of halogens is 2. The summed E-state index contributed by atoms with van der Waals surface area (Å²) in [5.74, 6) is 0. The minimum atomic E-state index is -3.77. The van der Waals surface area contributed by atoms with Gasteiger partial charge in [0, 0.05) is 4.47 Å². The first-order chi connectivity index (χ1) is 9.83. The van der Waals surface area contributed by atoms with Gasteiger partial charge in [-0.3, -0.25) is 4.72 Å². The van der Waals surface area contributed by atoms with Gasteiger partial charge in [-0.05, 0) is 47.1 Å². The molecule has 0 saturated carbocycles. The Morgan fingerprint density at radius 3 is 2.43 bits per heavy atom. The standard InChI is InChI=1S/C14H10BrClN2O2S/c1-9-2-4-11(5-3-9)21(19,20)18-14-7-13(16)12(15)6-10(14)8-17/h2-7,18H,1H3. The molecule has 0 aliphatic rings. The molecule has 108 valence electrons. The number of rotatable bonds is 3. The average molecular weight is 386 g/mol. The fraction of sp³-hybridized carbons (Fsp3) is 0.0714. The summed E-state index contributed by atoms with van der Waals surface area (Å²) in [6.45, 7) is 1.87. The Balaban J connectivity index is 2.44. The van der Waals surface area contributed by atoms with Crippen molar-refractivity contribution >= 4 is 43.2 Å². The lowest BCUT2D eigenvalue weighted by molar-refractivity contribution is 0.601. The van der Waals surface area contributed by atoms with E-state index in [0.717, 1.165) is 5.56 Å². The van der Waals surface area contributed by atoms with Crippen LogP contribution in [0.25, 0.3) is 0 Å². The Labute approximate surface area is 136 Å². The lowest BCUT2D eigenvalue weighted by Gasteiger charge is -2.11. The Bertz CT molecular complexity index is 827. The van der Waals surface area contributed by atoms with Gasteiger partial charge in [0.05, 0.1) is 21.2 Å². The fourth-order valence-electron chi connectivity index (χ4n) is 1.64. The summed E-state index contributed by atoms with van der Waals surface area (Å²) in [4.78, 5) is 0.121. The number of hydrogen-bond acceptors (Lipinski definition) is 3. The van der Waals surface area contributed by atoms with Crippen LogP contribution in [-0.2, 0) is 10.0 Å². The lowest BCUT2D eigenvalue weighted by atomic mass is 10.2. The van der Waals surface area contributed by atoms with E-state index in [9.17, 15) is 8.42 Å². The monoisotopic (exact) mass is 384 g/mol.